The van der Waals surface area contributed by atoms with Crippen LogP contribution in [-0.2, 0) is 0 Å². The van der Waals surface area contributed by atoms with Gasteiger partial charge < -0.3 is 25.4 Å². The van der Waals surface area contributed by atoms with Crippen LogP contribution in [0.5, 0.6) is 11.5 Å². The number of ether oxygens (including phenoxy) is 1. The van der Waals surface area contributed by atoms with Crippen molar-refractivity contribution in [2.75, 3.05) is 39.0 Å². The number of nitrogen functional groups attached to an aromatic ring is 1. The van der Waals surface area contributed by atoms with Crippen LogP contribution in [0.1, 0.15) is 20.7 Å². The van der Waals surface area contributed by atoms with E-state index in [4.69, 9.17) is 22.1 Å². The maximum atomic E-state index is 12.8. The number of hydrogen-bond donors (Lipinski definition) is 2. The standard InChI is InChI=1S/C19H20ClN3O4.ClH/c1-27-17-11-16(21)15(20)10-14(17)19(26)23-8-6-22(7-9-23)18(25)12-2-4-13(24)5-3-12;/h2-5,10-11,24H,6-9,21H2,1H3;1H. The first-order chi connectivity index (χ1) is 12.9. The van der Waals surface area contributed by atoms with Gasteiger partial charge in [0.15, 0.2) is 0 Å². The van der Waals surface area contributed by atoms with Crippen molar-refractivity contribution >= 4 is 41.5 Å². The van der Waals surface area contributed by atoms with Crippen LogP contribution in [-0.4, -0.2) is 60.0 Å². The van der Waals surface area contributed by atoms with E-state index in [1.165, 1.54) is 31.4 Å². The molecule has 2 amide bonds. The van der Waals surface area contributed by atoms with Crippen molar-refractivity contribution in [3.63, 3.8) is 0 Å². The van der Waals surface area contributed by atoms with Gasteiger partial charge in [0, 0.05) is 37.8 Å². The summed E-state index contributed by atoms with van der Waals surface area (Å²) in [4.78, 5) is 28.7. The first-order valence-electron chi connectivity index (χ1n) is 8.41. The van der Waals surface area contributed by atoms with Crippen molar-refractivity contribution in [1.29, 1.82) is 0 Å². The van der Waals surface area contributed by atoms with E-state index in [-0.39, 0.29) is 30.0 Å². The molecule has 0 aliphatic carbocycles. The topological polar surface area (TPSA) is 96.1 Å². The largest absolute Gasteiger partial charge is 0.508 e. The Hall–Kier alpha value is -2.64. The third-order valence-corrected chi connectivity index (χ3v) is 4.84. The van der Waals surface area contributed by atoms with Crippen LogP contribution in [0.3, 0.4) is 0 Å². The molecule has 1 fully saturated rings. The van der Waals surface area contributed by atoms with Gasteiger partial charge in [0.05, 0.1) is 23.4 Å². The number of carbonyl (C=O) groups excluding carboxylic acids is 2. The van der Waals surface area contributed by atoms with E-state index in [1.54, 1.807) is 21.9 Å². The minimum absolute atomic E-state index is 0. The fourth-order valence-electron chi connectivity index (χ4n) is 2.97. The molecule has 9 heteroatoms. The first kappa shape index (κ1) is 21.7. The Morgan fingerprint density at radius 3 is 2.11 bits per heavy atom. The molecule has 0 aromatic heterocycles. The Balaban J connectivity index is 0.00000280. The van der Waals surface area contributed by atoms with Gasteiger partial charge >= 0.3 is 0 Å². The zero-order valence-electron chi connectivity index (χ0n) is 15.2. The quantitative estimate of drug-likeness (QED) is 0.736. The number of anilines is 1. The number of piperazine rings is 1. The number of phenolic OH excluding ortho intramolecular Hbond substituents is 1. The highest BCUT2D eigenvalue weighted by atomic mass is 35.5. The molecule has 0 radical (unpaired) electrons. The van der Waals surface area contributed by atoms with E-state index >= 15 is 0 Å². The number of nitrogens with two attached hydrogens (primary N) is 1. The zero-order valence-corrected chi connectivity index (χ0v) is 16.8. The SMILES string of the molecule is COc1cc(N)c(Cl)cc1C(=O)N1CCN(C(=O)c2ccc(O)cc2)CC1.Cl. The van der Waals surface area contributed by atoms with E-state index in [2.05, 4.69) is 0 Å². The molecule has 3 N–H and O–H groups in total. The van der Waals surface area contributed by atoms with Gasteiger partial charge in [-0.25, -0.2) is 0 Å². The number of phenols is 1. The Bertz CT molecular complexity index is 866. The summed E-state index contributed by atoms with van der Waals surface area (Å²) in [6, 6.07) is 9.15. The monoisotopic (exact) mass is 425 g/mol. The summed E-state index contributed by atoms with van der Waals surface area (Å²) in [6.45, 7) is 1.62. The molecule has 3 rings (SSSR count). The van der Waals surface area contributed by atoms with Crippen LogP contribution < -0.4 is 10.5 Å². The highest BCUT2D eigenvalue weighted by molar-refractivity contribution is 6.33. The van der Waals surface area contributed by atoms with Crippen LogP contribution in [0.2, 0.25) is 5.02 Å². The maximum Gasteiger partial charge on any atom is 0.257 e. The van der Waals surface area contributed by atoms with E-state index in [0.29, 0.717) is 53.8 Å². The van der Waals surface area contributed by atoms with Gasteiger partial charge in [-0.05, 0) is 30.3 Å². The number of nitrogens with zero attached hydrogens (tertiary/aromatic N) is 2. The minimum atomic E-state index is -0.217. The molecule has 0 unspecified atom stereocenters. The number of rotatable bonds is 3. The van der Waals surface area contributed by atoms with Crippen LogP contribution in [0.25, 0.3) is 0 Å². The summed E-state index contributed by atoms with van der Waals surface area (Å²) in [5, 5.41) is 9.63. The summed E-state index contributed by atoms with van der Waals surface area (Å²) in [6.07, 6.45) is 0. The maximum absolute atomic E-state index is 12.8. The predicted octanol–water partition coefficient (Wildman–Crippen LogP) is 2.66. The third-order valence-electron chi connectivity index (χ3n) is 4.52. The molecule has 7 nitrogen and oxygen atoms in total. The molecule has 0 atom stereocenters. The normalized spacial score (nSPS) is 13.6. The molecule has 1 aliphatic heterocycles. The second-order valence-corrected chi connectivity index (χ2v) is 6.61. The fraction of sp³-hybridized carbons (Fsp3) is 0.263. The number of hydrogen-bond acceptors (Lipinski definition) is 5. The van der Waals surface area contributed by atoms with Crippen LogP contribution in [0.4, 0.5) is 5.69 Å². The Kier molecular flexibility index (Phi) is 6.99. The molecule has 2 aromatic rings. The number of methoxy groups -OCH3 is 1. The van der Waals surface area contributed by atoms with Crippen molar-refractivity contribution in [3.8, 4) is 11.5 Å². The summed E-state index contributed by atoms with van der Waals surface area (Å²) in [7, 11) is 1.47. The molecule has 1 aliphatic rings. The van der Waals surface area contributed by atoms with E-state index < -0.39 is 0 Å². The Labute approximate surface area is 174 Å². The molecule has 1 heterocycles. The number of carbonyl (C=O) groups is 2. The number of halogens is 2. The van der Waals surface area contributed by atoms with Crippen molar-refractivity contribution in [2.24, 2.45) is 0 Å². The molecule has 0 spiro atoms. The van der Waals surface area contributed by atoms with Crippen molar-refractivity contribution < 1.29 is 19.4 Å². The van der Waals surface area contributed by atoms with Crippen molar-refractivity contribution in [2.45, 2.75) is 0 Å². The highest BCUT2D eigenvalue weighted by Crippen LogP contribution is 2.30. The summed E-state index contributed by atoms with van der Waals surface area (Å²) in [5.74, 6) is 0.128. The number of aromatic hydroxyl groups is 1. The van der Waals surface area contributed by atoms with E-state index in [1.807, 2.05) is 0 Å². The van der Waals surface area contributed by atoms with Crippen molar-refractivity contribution in [3.05, 3.63) is 52.5 Å². The van der Waals surface area contributed by atoms with Crippen LogP contribution in [0.15, 0.2) is 36.4 Å². The Morgan fingerprint density at radius 1 is 1.04 bits per heavy atom. The molecular formula is C19H21Cl2N3O4. The second kappa shape index (κ2) is 9.03. The zero-order chi connectivity index (χ0) is 19.6. The summed E-state index contributed by atoms with van der Waals surface area (Å²) < 4.78 is 5.25. The van der Waals surface area contributed by atoms with Crippen molar-refractivity contribution in [1.82, 2.24) is 9.80 Å². The number of benzene rings is 2. The van der Waals surface area contributed by atoms with Gasteiger partial charge in [-0.3, -0.25) is 9.59 Å². The lowest BCUT2D eigenvalue weighted by Crippen LogP contribution is -2.50. The van der Waals surface area contributed by atoms with Gasteiger partial charge in [0.25, 0.3) is 11.8 Å². The average Bonchev–Trinajstić information content (AvgIpc) is 2.69. The highest BCUT2D eigenvalue weighted by Gasteiger charge is 2.27. The molecule has 1 saturated heterocycles. The lowest BCUT2D eigenvalue weighted by atomic mass is 10.1. The van der Waals surface area contributed by atoms with Gasteiger partial charge in [0.2, 0.25) is 0 Å². The van der Waals surface area contributed by atoms with E-state index in [0.717, 1.165) is 0 Å². The second-order valence-electron chi connectivity index (χ2n) is 6.21. The summed E-state index contributed by atoms with van der Waals surface area (Å²) in [5.41, 5.74) is 6.95. The smallest absolute Gasteiger partial charge is 0.257 e. The number of amides is 2. The third kappa shape index (κ3) is 4.43. The average molecular weight is 426 g/mol. The lowest BCUT2D eigenvalue weighted by molar-refractivity contribution is 0.0533. The van der Waals surface area contributed by atoms with Crippen LogP contribution >= 0.6 is 24.0 Å². The van der Waals surface area contributed by atoms with Gasteiger partial charge in [-0.1, -0.05) is 11.6 Å². The minimum Gasteiger partial charge on any atom is -0.508 e. The Morgan fingerprint density at radius 2 is 1.57 bits per heavy atom. The molecule has 0 saturated carbocycles. The molecule has 28 heavy (non-hydrogen) atoms. The molecular weight excluding hydrogens is 405 g/mol. The van der Waals surface area contributed by atoms with E-state index in [9.17, 15) is 14.7 Å². The van der Waals surface area contributed by atoms with Crippen LogP contribution in [0, 0.1) is 0 Å². The molecule has 2 aromatic carbocycles. The van der Waals surface area contributed by atoms with Gasteiger partial charge in [0.1, 0.15) is 11.5 Å². The summed E-state index contributed by atoms with van der Waals surface area (Å²) >= 11 is 6.05. The lowest BCUT2D eigenvalue weighted by Gasteiger charge is -2.35. The fourth-order valence-corrected chi connectivity index (χ4v) is 3.14. The predicted molar refractivity (Wildman–Crippen MR) is 110 cm³/mol. The first-order valence-corrected chi connectivity index (χ1v) is 8.79. The van der Waals surface area contributed by atoms with Gasteiger partial charge in [-0.2, -0.15) is 0 Å². The molecule has 0 bridgehead atoms. The molecule has 150 valence electrons. The van der Waals surface area contributed by atoms with Gasteiger partial charge in [-0.15, -0.1) is 12.4 Å².